The van der Waals surface area contributed by atoms with Gasteiger partial charge in [0.25, 0.3) is 11.5 Å². The highest BCUT2D eigenvalue weighted by atomic mass is 16.2. The summed E-state index contributed by atoms with van der Waals surface area (Å²) in [6, 6.07) is 10.6. The Morgan fingerprint density at radius 3 is 2.54 bits per heavy atom. The summed E-state index contributed by atoms with van der Waals surface area (Å²) in [6.45, 7) is 5.19. The number of carbonyl (C=O) groups excluding carboxylic acids is 1. The van der Waals surface area contributed by atoms with Crippen molar-refractivity contribution in [1.82, 2.24) is 14.4 Å². The van der Waals surface area contributed by atoms with Crippen molar-refractivity contribution in [2.75, 3.05) is 20.6 Å². The van der Waals surface area contributed by atoms with Crippen LogP contribution in [0, 0.1) is 13.8 Å². The Hall–Kier alpha value is -2.40. The molecular weight excluding hydrogens is 326 g/mol. The van der Waals surface area contributed by atoms with E-state index in [1.165, 1.54) is 15.7 Å². The zero-order valence-corrected chi connectivity index (χ0v) is 16.2. The van der Waals surface area contributed by atoms with E-state index in [1.807, 2.05) is 19.9 Å². The summed E-state index contributed by atoms with van der Waals surface area (Å²) in [5, 5.41) is 0. The number of aryl methyl sites for hydroxylation is 2. The summed E-state index contributed by atoms with van der Waals surface area (Å²) in [4.78, 5) is 29.5. The molecule has 138 valence electrons. The fourth-order valence-electron chi connectivity index (χ4n) is 3.75. The first-order valence-electron chi connectivity index (χ1n) is 8.99. The Bertz CT molecular complexity index is 901. The van der Waals surface area contributed by atoms with Crippen LogP contribution in [0.3, 0.4) is 0 Å². The topological polar surface area (TPSA) is 45.6 Å². The maximum atomic E-state index is 13.0. The van der Waals surface area contributed by atoms with Crippen molar-refractivity contribution in [2.45, 2.75) is 32.9 Å². The minimum atomic E-state index is -0.221. The first-order chi connectivity index (χ1) is 12.3. The SMILES string of the molecule is Cc1cc(C)n(C)c(=O)c1C(=O)N(C)C[C@H]1Cc2ccccc2CN1C. The van der Waals surface area contributed by atoms with Crippen LogP contribution in [0.4, 0.5) is 0 Å². The molecule has 26 heavy (non-hydrogen) atoms. The van der Waals surface area contributed by atoms with Crippen molar-refractivity contribution in [3.63, 3.8) is 0 Å². The summed E-state index contributed by atoms with van der Waals surface area (Å²) >= 11 is 0. The van der Waals surface area contributed by atoms with E-state index < -0.39 is 0 Å². The number of benzene rings is 1. The van der Waals surface area contributed by atoms with Gasteiger partial charge in [0.05, 0.1) is 0 Å². The maximum Gasteiger partial charge on any atom is 0.263 e. The highest BCUT2D eigenvalue weighted by Crippen LogP contribution is 2.22. The Labute approximate surface area is 154 Å². The molecular formula is C21H27N3O2. The third-order valence-electron chi connectivity index (χ3n) is 5.53. The number of pyridine rings is 1. The van der Waals surface area contributed by atoms with Crippen LogP contribution in [0.2, 0.25) is 0 Å². The van der Waals surface area contributed by atoms with Gasteiger partial charge in [-0.3, -0.25) is 14.5 Å². The average molecular weight is 353 g/mol. The molecule has 0 spiro atoms. The van der Waals surface area contributed by atoms with Gasteiger partial charge >= 0.3 is 0 Å². The van der Waals surface area contributed by atoms with Gasteiger partial charge in [0.15, 0.2) is 0 Å². The predicted octanol–water partition coefficient (Wildman–Crippen LogP) is 2.13. The maximum absolute atomic E-state index is 13.0. The molecule has 0 fully saturated rings. The van der Waals surface area contributed by atoms with E-state index in [1.54, 1.807) is 19.0 Å². The highest BCUT2D eigenvalue weighted by molar-refractivity contribution is 5.95. The van der Waals surface area contributed by atoms with Crippen LogP contribution in [-0.2, 0) is 20.0 Å². The second kappa shape index (κ2) is 7.08. The Kier molecular flexibility index (Phi) is 5.01. The monoisotopic (exact) mass is 353 g/mol. The zero-order valence-electron chi connectivity index (χ0n) is 16.2. The van der Waals surface area contributed by atoms with E-state index in [-0.39, 0.29) is 23.1 Å². The van der Waals surface area contributed by atoms with Crippen molar-refractivity contribution in [2.24, 2.45) is 7.05 Å². The zero-order chi connectivity index (χ0) is 19.0. The molecule has 0 saturated heterocycles. The van der Waals surface area contributed by atoms with Gasteiger partial charge in [0, 0.05) is 38.9 Å². The molecule has 1 aromatic heterocycles. The van der Waals surface area contributed by atoms with Gasteiger partial charge in [-0.05, 0) is 50.1 Å². The average Bonchev–Trinajstić information content (AvgIpc) is 2.60. The molecule has 1 aliphatic rings. The summed E-state index contributed by atoms with van der Waals surface area (Å²) in [5.41, 5.74) is 4.35. The lowest BCUT2D eigenvalue weighted by Crippen LogP contribution is -2.47. The van der Waals surface area contributed by atoms with Crippen LogP contribution in [0.15, 0.2) is 35.1 Å². The largest absolute Gasteiger partial charge is 0.340 e. The van der Waals surface area contributed by atoms with Crippen molar-refractivity contribution in [3.05, 3.63) is 68.6 Å². The van der Waals surface area contributed by atoms with E-state index in [0.29, 0.717) is 6.54 Å². The fraction of sp³-hybridized carbons (Fsp3) is 0.429. The van der Waals surface area contributed by atoms with Crippen molar-refractivity contribution in [1.29, 1.82) is 0 Å². The number of likely N-dealkylation sites (N-methyl/N-ethyl adjacent to an activating group) is 2. The summed E-state index contributed by atoms with van der Waals surface area (Å²) < 4.78 is 1.54. The van der Waals surface area contributed by atoms with E-state index in [9.17, 15) is 9.59 Å². The van der Waals surface area contributed by atoms with E-state index in [4.69, 9.17) is 0 Å². The lowest BCUT2D eigenvalue weighted by molar-refractivity contribution is 0.0730. The molecule has 0 radical (unpaired) electrons. The third kappa shape index (κ3) is 3.31. The lowest BCUT2D eigenvalue weighted by Gasteiger charge is -2.36. The van der Waals surface area contributed by atoms with Crippen molar-refractivity contribution in [3.8, 4) is 0 Å². The smallest absolute Gasteiger partial charge is 0.263 e. The fourth-order valence-corrected chi connectivity index (χ4v) is 3.75. The number of nitrogens with zero attached hydrogens (tertiary/aromatic N) is 3. The van der Waals surface area contributed by atoms with Gasteiger partial charge in [0.2, 0.25) is 0 Å². The molecule has 2 heterocycles. The molecule has 0 saturated carbocycles. The molecule has 3 rings (SSSR count). The summed E-state index contributed by atoms with van der Waals surface area (Å²) in [5.74, 6) is -0.199. The van der Waals surface area contributed by atoms with Crippen LogP contribution < -0.4 is 5.56 Å². The number of hydrogen-bond acceptors (Lipinski definition) is 3. The number of hydrogen-bond donors (Lipinski definition) is 0. The molecule has 0 aliphatic carbocycles. The van der Waals surface area contributed by atoms with Crippen LogP contribution in [-0.4, -0.2) is 47.0 Å². The van der Waals surface area contributed by atoms with E-state index in [2.05, 4.69) is 36.2 Å². The Balaban J connectivity index is 1.81. The molecule has 5 nitrogen and oxygen atoms in total. The number of aromatic nitrogens is 1. The second-order valence-electron chi connectivity index (χ2n) is 7.44. The van der Waals surface area contributed by atoms with Gasteiger partial charge in [-0.1, -0.05) is 24.3 Å². The first kappa shape index (κ1) is 18.4. The van der Waals surface area contributed by atoms with Gasteiger partial charge in [-0.15, -0.1) is 0 Å². The quantitative estimate of drug-likeness (QED) is 0.849. The van der Waals surface area contributed by atoms with Crippen molar-refractivity contribution < 1.29 is 4.79 Å². The molecule has 1 atom stereocenters. The molecule has 1 aromatic carbocycles. The van der Waals surface area contributed by atoms with Gasteiger partial charge in [-0.25, -0.2) is 0 Å². The molecule has 5 heteroatoms. The lowest BCUT2D eigenvalue weighted by atomic mass is 9.94. The van der Waals surface area contributed by atoms with Gasteiger partial charge in [0.1, 0.15) is 5.56 Å². The molecule has 0 bridgehead atoms. The van der Waals surface area contributed by atoms with Crippen LogP contribution >= 0.6 is 0 Å². The second-order valence-corrected chi connectivity index (χ2v) is 7.44. The normalized spacial score (nSPS) is 17.0. The first-order valence-corrected chi connectivity index (χ1v) is 8.99. The number of fused-ring (bicyclic) bond motifs is 1. The van der Waals surface area contributed by atoms with Crippen LogP contribution in [0.1, 0.15) is 32.7 Å². The van der Waals surface area contributed by atoms with E-state index in [0.717, 1.165) is 24.2 Å². The molecule has 0 unspecified atom stereocenters. The third-order valence-corrected chi connectivity index (χ3v) is 5.53. The Morgan fingerprint density at radius 1 is 1.19 bits per heavy atom. The van der Waals surface area contributed by atoms with Gasteiger partial charge < -0.3 is 9.47 Å². The summed E-state index contributed by atoms with van der Waals surface area (Å²) in [7, 11) is 5.59. The minimum Gasteiger partial charge on any atom is -0.340 e. The highest BCUT2D eigenvalue weighted by Gasteiger charge is 2.27. The van der Waals surface area contributed by atoms with E-state index >= 15 is 0 Å². The number of amides is 1. The van der Waals surface area contributed by atoms with Crippen LogP contribution in [0.25, 0.3) is 0 Å². The van der Waals surface area contributed by atoms with Crippen molar-refractivity contribution >= 4 is 5.91 Å². The molecule has 1 aliphatic heterocycles. The Morgan fingerprint density at radius 2 is 1.85 bits per heavy atom. The summed E-state index contributed by atoms with van der Waals surface area (Å²) in [6.07, 6.45) is 0.912. The standard InChI is InChI=1S/C21H27N3O2/c1-14-10-15(2)24(5)21(26)19(14)20(25)23(4)13-18-11-16-8-6-7-9-17(16)12-22(18)3/h6-10,18H,11-13H2,1-5H3/t18-/m1/s1. The predicted molar refractivity (Wildman–Crippen MR) is 104 cm³/mol. The van der Waals surface area contributed by atoms with Crippen LogP contribution in [0.5, 0.6) is 0 Å². The molecule has 1 amide bonds. The number of carbonyl (C=O) groups is 1. The number of rotatable bonds is 3. The molecule has 0 N–H and O–H groups in total. The van der Waals surface area contributed by atoms with Gasteiger partial charge in [-0.2, -0.15) is 0 Å². The minimum absolute atomic E-state index is 0.199. The molecule has 2 aromatic rings.